The summed E-state index contributed by atoms with van der Waals surface area (Å²) >= 11 is 1.32. The van der Waals surface area contributed by atoms with Crippen molar-refractivity contribution >= 4 is 22.4 Å². The average Bonchev–Trinajstić information content (AvgIpc) is 3.30. The summed E-state index contributed by atoms with van der Waals surface area (Å²) in [4.78, 5) is 17.0. The zero-order chi connectivity index (χ0) is 18.8. The van der Waals surface area contributed by atoms with Crippen molar-refractivity contribution in [3.8, 4) is 16.9 Å². The van der Waals surface area contributed by atoms with E-state index in [1.165, 1.54) is 23.5 Å². The molecule has 0 saturated carbocycles. The van der Waals surface area contributed by atoms with Crippen molar-refractivity contribution in [1.29, 1.82) is 0 Å². The number of carbonyl (C=O) groups is 1. The molecular weight excluding hydrogens is 363 g/mol. The van der Waals surface area contributed by atoms with Gasteiger partial charge in [-0.2, -0.15) is 5.10 Å². The van der Waals surface area contributed by atoms with E-state index in [2.05, 4.69) is 15.4 Å². The lowest BCUT2D eigenvalue weighted by molar-refractivity contribution is 0.102. The van der Waals surface area contributed by atoms with Gasteiger partial charge in [-0.1, -0.05) is 18.2 Å². The third-order valence-corrected chi connectivity index (χ3v) is 4.88. The standard InChI is InChI=1S/C20H15FN4OS/c1-13-17(11-22-25(13)16-5-3-2-4-6-16)19(26)24-20-23-18(12-27-20)14-7-9-15(21)10-8-14/h2-12H,1H3,(H,23,24,26). The third-order valence-electron chi connectivity index (χ3n) is 4.12. The SMILES string of the molecule is Cc1c(C(=O)Nc2nc(-c3ccc(F)cc3)cs2)cnn1-c1ccccc1. The number of rotatable bonds is 4. The molecule has 7 heteroatoms. The molecule has 0 aliphatic heterocycles. The first-order valence-electron chi connectivity index (χ1n) is 8.24. The van der Waals surface area contributed by atoms with Gasteiger partial charge < -0.3 is 0 Å². The van der Waals surface area contributed by atoms with E-state index in [-0.39, 0.29) is 11.7 Å². The van der Waals surface area contributed by atoms with Crippen LogP contribution >= 0.6 is 11.3 Å². The Morgan fingerprint density at radius 2 is 1.85 bits per heavy atom. The second-order valence-electron chi connectivity index (χ2n) is 5.89. The number of para-hydroxylation sites is 1. The first-order chi connectivity index (χ1) is 13.1. The van der Waals surface area contributed by atoms with E-state index >= 15 is 0 Å². The Bertz CT molecular complexity index is 1090. The summed E-state index contributed by atoms with van der Waals surface area (Å²) in [6.45, 7) is 1.85. The van der Waals surface area contributed by atoms with Gasteiger partial charge in [-0.15, -0.1) is 11.3 Å². The Morgan fingerprint density at radius 3 is 2.59 bits per heavy atom. The summed E-state index contributed by atoms with van der Waals surface area (Å²) in [5.41, 5.74) is 3.60. The number of benzene rings is 2. The van der Waals surface area contributed by atoms with Gasteiger partial charge in [-0.05, 0) is 43.3 Å². The maximum absolute atomic E-state index is 13.0. The molecular formula is C20H15FN4OS. The molecule has 5 nitrogen and oxygen atoms in total. The van der Waals surface area contributed by atoms with Crippen LogP contribution in [0.25, 0.3) is 16.9 Å². The largest absolute Gasteiger partial charge is 0.298 e. The molecule has 4 rings (SSSR count). The number of hydrogen-bond acceptors (Lipinski definition) is 4. The lowest BCUT2D eigenvalue weighted by Gasteiger charge is -2.05. The van der Waals surface area contributed by atoms with Gasteiger partial charge in [0.2, 0.25) is 0 Å². The predicted octanol–water partition coefficient (Wildman–Crippen LogP) is 4.70. The molecule has 1 amide bonds. The molecule has 0 radical (unpaired) electrons. The molecule has 0 saturated heterocycles. The zero-order valence-electron chi connectivity index (χ0n) is 14.4. The van der Waals surface area contributed by atoms with Crippen LogP contribution in [0.2, 0.25) is 0 Å². The molecule has 0 unspecified atom stereocenters. The Balaban J connectivity index is 1.53. The lowest BCUT2D eigenvalue weighted by Crippen LogP contribution is -2.13. The molecule has 0 fully saturated rings. The first kappa shape index (κ1) is 17.1. The molecule has 2 aromatic heterocycles. The van der Waals surface area contributed by atoms with E-state index in [1.807, 2.05) is 42.6 Å². The number of thiazole rings is 1. The van der Waals surface area contributed by atoms with Crippen molar-refractivity contribution in [2.24, 2.45) is 0 Å². The van der Waals surface area contributed by atoms with Crippen molar-refractivity contribution in [3.05, 3.63) is 83.2 Å². The predicted molar refractivity (Wildman–Crippen MR) is 104 cm³/mol. The number of hydrogen-bond donors (Lipinski definition) is 1. The Labute approximate surface area is 159 Å². The van der Waals surface area contributed by atoms with Crippen LogP contribution in [0.3, 0.4) is 0 Å². The van der Waals surface area contributed by atoms with Crippen LogP contribution in [0, 0.1) is 12.7 Å². The van der Waals surface area contributed by atoms with E-state index in [1.54, 1.807) is 23.0 Å². The number of nitrogens with one attached hydrogen (secondary N) is 1. The summed E-state index contributed by atoms with van der Waals surface area (Å²) in [5.74, 6) is -0.567. The molecule has 2 aromatic carbocycles. The van der Waals surface area contributed by atoms with Gasteiger partial charge in [0, 0.05) is 10.9 Å². The van der Waals surface area contributed by atoms with Crippen LogP contribution < -0.4 is 5.32 Å². The van der Waals surface area contributed by atoms with Gasteiger partial charge >= 0.3 is 0 Å². The highest BCUT2D eigenvalue weighted by Gasteiger charge is 2.16. The Morgan fingerprint density at radius 1 is 1.11 bits per heavy atom. The van der Waals surface area contributed by atoms with Crippen molar-refractivity contribution in [2.75, 3.05) is 5.32 Å². The topological polar surface area (TPSA) is 59.8 Å². The maximum atomic E-state index is 13.0. The van der Waals surface area contributed by atoms with Crippen LogP contribution in [0.4, 0.5) is 9.52 Å². The second-order valence-corrected chi connectivity index (χ2v) is 6.75. The number of aromatic nitrogens is 3. The fraction of sp³-hybridized carbons (Fsp3) is 0.0500. The monoisotopic (exact) mass is 378 g/mol. The van der Waals surface area contributed by atoms with Gasteiger partial charge in [0.15, 0.2) is 5.13 Å². The highest BCUT2D eigenvalue weighted by molar-refractivity contribution is 7.14. The van der Waals surface area contributed by atoms with Crippen LogP contribution in [0.15, 0.2) is 66.2 Å². The molecule has 4 aromatic rings. The molecule has 134 valence electrons. The van der Waals surface area contributed by atoms with Gasteiger partial charge in [0.25, 0.3) is 5.91 Å². The minimum Gasteiger partial charge on any atom is -0.298 e. The maximum Gasteiger partial charge on any atom is 0.260 e. The molecule has 0 aliphatic carbocycles. The van der Waals surface area contributed by atoms with Gasteiger partial charge in [0.05, 0.1) is 28.8 Å². The Kier molecular flexibility index (Phi) is 4.52. The van der Waals surface area contributed by atoms with E-state index in [0.717, 1.165) is 16.9 Å². The number of anilines is 1. The van der Waals surface area contributed by atoms with Gasteiger partial charge in [0.1, 0.15) is 5.82 Å². The Hall–Kier alpha value is -3.32. The van der Waals surface area contributed by atoms with E-state index in [0.29, 0.717) is 16.4 Å². The average molecular weight is 378 g/mol. The number of carbonyl (C=O) groups excluding carboxylic acids is 1. The van der Waals surface area contributed by atoms with Gasteiger partial charge in [-0.25, -0.2) is 14.1 Å². The summed E-state index contributed by atoms with van der Waals surface area (Å²) in [7, 11) is 0. The second kappa shape index (κ2) is 7.13. The van der Waals surface area contributed by atoms with Crippen molar-refractivity contribution in [3.63, 3.8) is 0 Å². The smallest absolute Gasteiger partial charge is 0.260 e. The van der Waals surface area contributed by atoms with E-state index in [4.69, 9.17) is 0 Å². The molecule has 1 N–H and O–H groups in total. The first-order valence-corrected chi connectivity index (χ1v) is 9.12. The molecule has 0 atom stereocenters. The zero-order valence-corrected chi connectivity index (χ0v) is 15.2. The van der Waals surface area contributed by atoms with Gasteiger partial charge in [-0.3, -0.25) is 10.1 Å². The van der Waals surface area contributed by atoms with E-state index in [9.17, 15) is 9.18 Å². The fourth-order valence-corrected chi connectivity index (χ4v) is 3.43. The molecule has 0 aliphatic rings. The molecule has 2 heterocycles. The fourth-order valence-electron chi connectivity index (χ4n) is 2.71. The molecule has 0 spiro atoms. The highest BCUT2D eigenvalue weighted by Crippen LogP contribution is 2.25. The molecule has 0 bridgehead atoms. The van der Waals surface area contributed by atoms with E-state index < -0.39 is 0 Å². The van der Waals surface area contributed by atoms with Crippen LogP contribution in [0.1, 0.15) is 16.1 Å². The number of halogens is 1. The normalized spacial score (nSPS) is 10.7. The lowest BCUT2D eigenvalue weighted by atomic mass is 10.2. The number of nitrogens with zero attached hydrogens (tertiary/aromatic N) is 3. The minimum absolute atomic E-state index is 0.269. The van der Waals surface area contributed by atoms with Crippen LogP contribution in [0.5, 0.6) is 0 Å². The summed E-state index contributed by atoms with van der Waals surface area (Å²) in [6.07, 6.45) is 1.55. The van der Waals surface area contributed by atoms with Crippen LogP contribution in [-0.4, -0.2) is 20.7 Å². The molecule has 27 heavy (non-hydrogen) atoms. The quantitative estimate of drug-likeness (QED) is 0.560. The minimum atomic E-state index is -0.298. The van der Waals surface area contributed by atoms with Crippen molar-refractivity contribution in [2.45, 2.75) is 6.92 Å². The summed E-state index contributed by atoms with van der Waals surface area (Å²) in [6, 6.07) is 15.7. The van der Waals surface area contributed by atoms with Crippen LogP contribution in [-0.2, 0) is 0 Å². The summed E-state index contributed by atoms with van der Waals surface area (Å²) in [5, 5.41) is 9.42. The van der Waals surface area contributed by atoms with Crippen molar-refractivity contribution in [1.82, 2.24) is 14.8 Å². The summed E-state index contributed by atoms with van der Waals surface area (Å²) < 4.78 is 14.8. The highest BCUT2D eigenvalue weighted by atomic mass is 32.1. The third kappa shape index (κ3) is 3.50. The van der Waals surface area contributed by atoms with Crippen molar-refractivity contribution < 1.29 is 9.18 Å². The number of amides is 1.